The molecule has 0 saturated heterocycles. The zero-order valence-electron chi connectivity index (χ0n) is 88.9. The Morgan fingerprint density at radius 2 is 0.550 bits per heavy atom. The Bertz CT molecular complexity index is 8980. The molecule has 0 atom stereocenters. The molecule has 0 saturated carbocycles. The van der Waals surface area contributed by atoms with E-state index in [2.05, 4.69) is 90.1 Å². The average Bonchev–Trinajstić information content (AvgIpc) is 0.737. The first-order valence-electron chi connectivity index (χ1n) is 50.7. The summed E-state index contributed by atoms with van der Waals surface area (Å²) >= 11 is 0. The maximum Gasteiger partial charge on any atom is 0.251 e. The highest BCUT2D eigenvalue weighted by Gasteiger charge is 2.40. The van der Waals surface area contributed by atoms with Gasteiger partial charge in [0.1, 0.15) is 103 Å². The van der Waals surface area contributed by atoms with Crippen molar-refractivity contribution < 1.29 is 59.4 Å². The van der Waals surface area contributed by atoms with Crippen LogP contribution in [0.1, 0.15) is 345 Å². The molecular weight excluding hydrogens is 1890 g/mol. The molecule has 149 heavy (non-hydrogen) atoms. The summed E-state index contributed by atoms with van der Waals surface area (Å²) in [6.07, 6.45) is 9.95. The number of hydrogen-bond donors (Lipinski definition) is 6. The Morgan fingerprint density at radius 1 is 0.275 bits per heavy atom. The molecule has 30 nitrogen and oxygen atoms in total. The second-order valence-electron chi connectivity index (χ2n) is 39.9. The topological polar surface area (TPSA) is 433 Å². The maximum atomic E-state index is 13.5. The van der Waals surface area contributed by atoms with Crippen molar-refractivity contribution in [2.75, 3.05) is 0 Å². The molecule has 6 aliphatic rings. The Morgan fingerprint density at radius 3 is 0.906 bits per heavy atom. The van der Waals surface area contributed by atoms with E-state index in [1.54, 1.807) is 65.0 Å². The predicted octanol–water partition coefficient (Wildman–Crippen LogP) is 9.04. The number of aromatic nitrogens is 12. The highest BCUT2D eigenvalue weighted by molar-refractivity contribution is 6.16. The lowest BCUT2D eigenvalue weighted by atomic mass is 9.89. The van der Waals surface area contributed by atoms with E-state index in [0.717, 1.165) is 96.7 Å². The zero-order chi connectivity index (χ0) is 110. The van der Waals surface area contributed by atoms with Gasteiger partial charge in [-0.25, -0.2) is 29.9 Å². The first-order chi connectivity index (χ1) is 70.4. The van der Waals surface area contributed by atoms with Crippen molar-refractivity contribution in [1.29, 1.82) is 0 Å². The highest BCUT2D eigenvalue weighted by atomic mass is 16.3. The van der Waals surface area contributed by atoms with Gasteiger partial charge in [0.2, 0.25) is 34.7 Å². The van der Waals surface area contributed by atoms with Crippen LogP contribution in [0.5, 0.6) is 0 Å². The molecule has 12 aromatic heterocycles. The molecule has 0 bridgehead atoms. The minimum absolute atomic E-state index is 0.000365. The van der Waals surface area contributed by atoms with Gasteiger partial charge in [-0.15, -0.1) is 0 Å². The number of carbonyl (C=O) groups is 6. The normalized spacial score (nSPS) is 13.0. The fourth-order valence-corrected chi connectivity index (χ4v) is 20.6. The molecule has 12 aromatic rings. The van der Waals surface area contributed by atoms with Crippen LogP contribution in [-0.2, 0) is 65.3 Å². The quantitative estimate of drug-likeness (QED) is 0.0414. The van der Waals surface area contributed by atoms with Gasteiger partial charge >= 0.3 is 0 Å². The Kier molecular flexibility index (Phi) is 32.7. The van der Waals surface area contributed by atoms with Crippen LogP contribution in [0.3, 0.4) is 0 Å². The summed E-state index contributed by atoms with van der Waals surface area (Å²) < 4.78 is 8.59. The van der Waals surface area contributed by atoms with Gasteiger partial charge in [-0.2, -0.15) is 0 Å². The first kappa shape index (κ1) is 110. The molecule has 0 radical (unpaired) electrons. The van der Waals surface area contributed by atoms with Crippen molar-refractivity contribution in [2.45, 2.75) is 254 Å². The molecule has 6 N–H and O–H groups in total. The first-order valence-corrected chi connectivity index (χ1v) is 50.7. The Labute approximate surface area is 860 Å². The molecule has 0 unspecified atom stereocenters. The molecule has 0 aromatic carbocycles. The Balaban J connectivity index is 0.000000149. The third-order valence-corrected chi connectivity index (χ3v) is 27.4. The fourth-order valence-electron chi connectivity index (χ4n) is 20.6. The van der Waals surface area contributed by atoms with Crippen molar-refractivity contribution in [3.05, 3.63) is 367 Å². The van der Waals surface area contributed by atoms with Gasteiger partial charge in [0.05, 0.1) is 47.8 Å². The third kappa shape index (κ3) is 20.4. The molecule has 6 aliphatic carbocycles. The largest absolute Gasteiger partial charge is 0.507 e. The lowest BCUT2D eigenvalue weighted by Gasteiger charge is -2.23. The van der Waals surface area contributed by atoms with Crippen LogP contribution in [0.15, 0.2) is 102 Å². The number of aryl methyl sites for hydroxylation is 12. The van der Waals surface area contributed by atoms with Gasteiger partial charge in [0, 0.05) is 125 Å². The smallest absolute Gasteiger partial charge is 0.251 e. The van der Waals surface area contributed by atoms with E-state index in [-0.39, 0.29) is 183 Å². The molecule has 0 fully saturated rings. The third-order valence-electron chi connectivity index (χ3n) is 27.4. The SMILES string of the molecule is C=c1cc(C)c2c(n1)C(=O)c1c(c(C)cc(=O)n1C(C)C)C=2O.C=c1cc(C)c2c(n1)C(=O)c1c(c(C)cc(=O)n1CC(C)C)C=2O.C=c1cc(C)c2c(n1)C(=O)c1c(c(C)cc(=O)n1CCC(C)C)C=2O.C=c1cc(CC)c2c(n1)C(=O)c1c(c(CC)cc(=O)n1C)C=2O.C=c1cc(CCC)c2c(n1)C(=O)c1c(c(C)cc(=O)n1CCCC)C=2O.C=c1cc(CCC)c2c(n1)C(=O)c1c(c(CCC)cc(=O)n1CCCC)C=2O. The molecule has 0 spiro atoms. The molecule has 30 heteroatoms. The lowest BCUT2D eigenvalue weighted by Crippen LogP contribution is -2.39. The van der Waals surface area contributed by atoms with E-state index < -0.39 is 0 Å². The van der Waals surface area contributed by atoms with Crippen LogP contribution in [0.4, 0.5) is 0 Å². The summed E-state index contributed by atoms with van der Waals surface area (Å²) in [7, 11) is 1.53. The second-order valence-corrected chi connectivity index (χ2v) is 39.9. The minimum atomic E-state index is -0.351. The summed E-state index contributed by atoms with van der Waals surface area (Å²) in [5.41, 5.74) is 12.2. The van der Waals surface area contributed by atoms with E-state index in [0.29, 0.717) is 182 Å². The molecule has 12 heterocycles. The van der Waals surface area contributed by atoms with E-state index in [1.165, 1.54) is 64.8 Å². The van der Waals surface area contributed by atoms with Crippen molar-refractivity contribution >= 4 is 109 Å². The number of rotatable bonds is 20. The summed E-state index contributed by atoms with van der Waals surface area (Å²) in [5, 5.41) is 71.2. The van der Waals surface area contributed by atoms with Gasteiger partial charge in [-0.3, -0.25) is 57.5 Å². The van der Waals surface area contributed by atoms with E-state index in [4.69, 9.17) is 0 Å². The number of nitrogens with zero attached hydrogens (tertiary/aromatic N) is 12. The van der Waals surface area contributed by atoms with Gasteiger partial charge in [0.15, 0.2) is 0 Å². The number of pyridine rings is 12. The number of hydrogen-bond acceptors (Lipinski definition) is 24. The summed E-state index contributed by atoms with van der Waals surface area (Å²) in [6, 6.07) is 19.4. The van der Waals surface area contributed by atoms with Crippen LogP contribution in [0.2, 0.25) is 0 Å². The van der Waals surface area contributed by atoms with Crippen LogP contribution >= 0.6 is 0 Å². The van der Waals surface area contributed by atoms with E-state index in [1.807, 2.05) is 95.2 Å². The standard InChI is InChI=1S/C23H28N2O3.C21H24N2O3.C20H22N2O3.C19H20N2O3.2C18H18N2O3/c1-5-8-11-25-17(26)13-16(10-7-3)19-21(25)23(28)20-18(22(19)27)15(9-6-2)12-14(4)24-20;1-5-7-9-23-15(24)10-12(3)16-19(23)21(26)18-17(20(16)25)14(8-6-2)11-13(4)22-18;1-10(2)6-7-22-14(23)9-12(4)16-18(22)20(25)17-15(19(16)24)11(3)8-13(5)21-17;1-9(2)8-21-13(22)7-11(4)15-17(21)19(24)16-14(18(15)23)10(3)6-12(5)20-16;1-8(2)20-12(21)7-10(4)14-16(20)18(23)15-13(17(14)22)9(3)6-11(5)19-15;1-5-10-7-9(3)19-15-13(10)17(22)14-11(6-2)8-12(21)20(4)16(14)18(15)23/h12-13,27H,4-11H2,1-3H3;10-11,25H,4-9H2,1-3H3;8-10,24H,5-7H2,1-4H3;6-7,9,23H,5,8H2,1-4H3;6-8,22H,5H2,1-4H3;7-8,22H,3,5-6H2,1-2,4H3. The van der Waals surface area contributed by atoms with Crippen molar-refractivity contribution in [1.82, 2.24) is 57.3 Å². The molecule has 0 aliphatic heterocycles. The predicted molar refractivity (Wildman–Crippen MR) is 579 cm³/mol. The minimum Gasteiger partial charge on any atom is -0.507 e. The number of fused-ring (bicyclic) bond motifs is 12. The monoisotopic (exact) mass is 2010 g/mol. The second kappa shape index (κ2) is 44.3. The number of unbranched alkanes of at least 4 members (excludes halogenated alkanes) is 2. The van der Waals surface area contributed by atoms with E-state index >= 15 is 0 Å². The van der Waals surface area contributed by atoms with E-state index in [9.17, 15) is 88.2 Å². The molecular formula is C119H130N12O18. The zero-order valence-corrected chi connectivity index (χ0v) is 88.9. The number of ketones is 6. The highest BCUT2D eigenvalue weighted by Crippen LogP contribution is 2.34. The number of aliphatic hydroxyl groups excluding tert-OH is 6. The summed E-state index contributed by atoms with van der Waals surface area (Å²) in [6.45, 7) is 62.8. The molecule has 774 valence electrons. The van der Waals surface area contributed by atoms with Crippen LogP contribution in [-0.4, -0.2) is 123 Å². The summed E-state index contributed by atoms with van der Waals surface area (Å²) in [5.74, 6) is -1.29. The van der Waals surface area contributed by atoms with Gasteiger partial charge in [-0.1, -0.05) is 148 Å². The van der Waals surface area contributed by atoms with Crippen LogP contribution < -0.4 is 96.8 Å². The maximum absolute atomic E-state index is 13.5. The average molecular weight is 2020 g/mol. The number of aliphatic hydroxyl groups is 6. The van der Waals surface area contributed by atoms with Crippen molar-refractivity contribution in [3.8, 4) is 0 Å². The van der Waals surface area contributed by atoms with Crippen molar-refractivity contribution in [3.63, 3.8) is 0 Å². The van der Waals surface area contributed by atoms with Crippen LogP contribution in [0.25, 0.3) is 74.0 Å². The lowest BCUT2D eigenvalue weighted by molar-refractivity contribution is 0.101. The molecule has 18 rings (SSSR count). The van der Waals surface area contributed by atoms with Crippen molar-refractivity contribution in [2.24, 2.45) is 18.9 Å². The van der Waals surface area contributed by atoms with Gasteiger partial charge in [-0.05, 0) is 229 Å². The van der Waals surface area contributed by atoms with Gasteiger partial charge in [0.25, 0.3) is 33.4 Å². The fraction of sp³-hybridized carbons (Fsp3) is 0.345. The summed E-state index contributed by atoms with van der Waals surface area (Å²) in [4.78, 5) is 179. The van der Waals surface area contributed by atoms with Crippen LogP contribution in [0, 0.1) is 60.3 Å². The van der Waals surface area contributed by atoms with Gasteiger partial charge < -0.3 is 58.0 Å². The Hall–Kier alpha value is -16.1. The molecule has 0 amide bonds. The number of carbonyl (C=O) groups excluding carboxylic acids is 6.